The zero-order valence-electron chi connectivity index (χ0n) is 24.7. The third-order valence-electron chi connectivity index (χ3n) is 7.20. The zero-order chi connectivity index (χ0) is 29.8. The first kappa shape index (κ1) is 31.6. The highest BCUT2D eigenvalue weighted by Gasteiger charge is 2.30. The number of para-hydroxylation sites is 1. The van der Waals surface area contributed by atoms with E-state index in [4.69, 9.17) is 4.74 Å². The minimum atomic E-state index is -0.600. The Morgan fingerprint density at radius 3 is 2.44 bits per heavy atom. The smallest absolute Gasteiger partial charge is 0.323 e. The maximum Gasteiger partial charge on any atom is 0.323 e. The van der Waals surface area contributed by atoms with Gasteiger partial charge in [-0.3, -0.25) is 14.4 Å². The van der Waals surface area contributed by atoms with Crippen LogP contribution < -0.4 is 16.0 Å². The minimum absolute atomic E-state index is 0.0629. The highest BCUT2D eigenvalue weighted by atomic mass is 16.5. The van der Waals surface area contributed by atoms with Gasteiger partial charge in [0.1, 0.15) is 6.04 Å². The molecule has 9 nitrogen and oxygen atoms in total. The van der Waals surface area contributed by atoms with Crippen molar-refractivity contribution >= 4 is 35.2 Å². The molecule has 1 saturated heterocycles. The highest BCUT2D eigenvalue weighted by Crippen LogP contribution is 2.23. The van der Waals surface area contributed by atoms with Gasteiger partial charge in [0.05, 0.1) is 13.0 Å². The lowest BCUT2D eigenvalue weighted by atomic mass is 9.92. The molecule has 41 heavy (non-hydrogen) atoms. The Balaban J connectivity index is 1.53. The number of benzene rings is 2. The van der Waals surface area contributed by atoms with Gasteiger partial charge in [0.2, 0.25) is 11.8 Å². The van der Waals surface area contributed by atoms with Crippen LogP contribution in [0.4, 0.5) is 16.2 Å². The molecule has 0 saturated carbocycles. The number of aryl methyl sites for hydroxylation is 1. The van der Waals surface area contributed by atoms with E-state index in [9.17, 15) is 19.2 Å². The van der Waals surface area contributed by atoms with Gasteiger partial charge in [-0.05, 0) is 80.7 Å². The van der Waals surface area contributed by atoms with Gasteiger partial charge in [-0.25, -0.2) is 4.79 Å². The Morgan fingerprint density at radius 1 is 1.02 bits per heavy atom. The van der Waals surface area contributed by atoms with Crippen LogP contribution in [0.2, 0.25) is 0 Å². The molecule has 4 amide bonds. The van der Waals surface area contributed by atoms with Gasteiger partial charge in [0.25, 0.3) is 0 Å². The second kappa shape index (κ2) is 15.8. The van der Waals surface area contributed by atoms with Crippen molar-refractivity contribution in [2.24, 2.45) is 11.8 Å². The summed E-state index contributed by atoms with van der Waals surface area (Å²) in [7, 11) is 0. The number of hydrogen-bond donors (Lipinski definition) is 3. The number of nitrogens with one attached hydrogen (secondary N) is 3. The summed E-state index contributed by atoms with van der Waals surface area (Å²) < 4.78 is 5.04. The fraction of sp³-hybridized carbons (Fsp3) is 0.500. The van der Waals surface area contributed by atoms with Crippen LogP contribution in [-0.2, 0) is 25.5 Å². The summed E-state index contributed by atoms with van der Waals surface area (Å²) in [6, 6.07) is 13.7. The molecule has 1 aliphatic rings. The maximum absolute atomic E-state index is 13.5. The molecule has 2 atom stereocenters. The maximum atomic E-state index is 13.5. The number of nitrogens with zero attached hydrogens (tertiary/aromatic N) is 1. The van der Waals surface area contributed by atoms with E-state index in [2.05, 4.69) is 16.0 Å². The molecule has 1 fully saturated rings. The molecule has 0 spiro atoms. The van der Waals surface area contributed by atoms with Crippen LogP contribution in [0.25, 0.3) is 0 Å². The van der Waals surface area contributed by atoms with Crippen molar-refractivity contribution in [3.8, 4) is 0 Å². The monoisotopic (exact) mass is 564 g/mol. The first-order valence-electron chi connectivity index (χ1n) is 14.6. The lowest BCUT2D eigenvalue weighted by Gasteiger charge is -2.35. The lowest BCUT2D eigenvalue weighted by molar-refractivity contribution is -0.143. The summed E-state index contributed by atoms with van der Waals surface area (Å²) in [6.45, 7) is 9.41. The number of anilines is 2. The number of amides is 4. The van der Waals surface area contributed by atoms with E-state index in [1.54, 1.807) is 31.2 Å². The van der Waals surface area contributed by atoms with Crippen molar-refractivity contribution in [1.29, 1.82) is 0 Å². The van der Waals surface area contributed by atoms with Crippen LogP contribution in [0, 0.1) is 18.8 Å². The number of rotatable bonds is 12. The molecule has 0 aromatic heterocycles. The number of likely N-dealkylation sites (tertiary alicyclic amines) is 1. The largest absolute Gasteiger partial charge is 0.466 e. The van der Waals surface area contributed by atoms with Gasteiger partial charge >= 0.3 is 12.0 Å². The number of ether oxygens (including phenoxy) is 1. The van der Waals surface area contributed by atoms with Crippen LogP contribution in [0.5, 0.6) is 0 Å². The molecular formula is C32H44N4O5. The van der Waals surface area contributed by atoms with E-state index in [-0.39, 0.29) is 42.1 Å². The summed E-state index contributed by atoms with van der Waals surface area (Å²) in [6.07, 6.45) is 3.58. The Bertz CT molecular complexity index is 1180. The summed E-state index contributed by atoms with van der Waals surface area (Å²) in [5.41, 5.74) is 3.09. The SMILES string of the molecule is CCOC(=O)CCC1CCCN(C(=O)[C@H](CC(C)C)NC(=O)Cc2ccc(NC(=O)Nc3ccccc3C)cc2)C1. The first-order chi connectivity index (χ1) is 19.6. The molecule has 2 aromatic rings. The standard InChI is InChI=1S/C32H44N4O5/c1-5-41-30(38)17-14-25-10-8-18-36(21-25)31(39)28(19-22(2)3)34-29(37)20-24-12-15-26(16-13-24)33-32(40)35-27-11-7-6-9-23(27)4/h6-7,9,11-13,15-16,22,25,28H,5,8,10,14,17-21H2,1-4H3,(H,34,37)(H2,33,35,40)/t25?,28-/m0/s1. The van der Waals surface area contributed by atoms with E-state index in [0.717, 1.165) is 29.7 Å². The minimum Gasteiger partial charge on any atom is -0.466 e. The van der Waals surface area contributed by atoms with E-state index >= 15 is 0 Å². The van der Waals surface area contributed by atoms with Gasteiger partial charge < -0.3 is 25.6 Å². The van der Waals surface area contributed by atoms with Crippen molar-refractivity contribution < 1.29 is 23.9 Å². The van der Waals surface area contributed by atoms with Crippen molar-refractivity contribution in [2.45, 2.75) is 72.3 Å². The third kappa shape index (κ3) is 10.6. The summed E-state index contributed by atoms with van der Waals surface area (Å²) in [5, 5.41) is 8.60. The average molecular weight is 565 g/mol. The Labute approximate surface area is 243 Å². The van der Waals surface area contributed by atoms with Gasteiger partial charge in [0, 0.05) is 30.9 Å². The second-order valence-corrected chi connectivity index (χ2v) is 11.2. The fourth-order valence-electron chi connectivity index (χ4n) is 5.10. The van der Waals surface area contributed by atoms with Gasteiger partial charge in [-0.15, -0.1) is 0 Å². The van der Waals surface area contributed by atoms with Crippen LogP contribution in [0.3, 0.4) is 0 Å². The molecule has 0 bridgehead atoms. The van der Waals surface area contributed by atoms with Crippen molar-refractivity contribution in [3.05, 3.63) is 59.7 Å². The number of piperidine rings is 1. The molecule has 2 aromatic carbocycles. The molecule has 3 rings (SSSR count). The van der Waals surface area contributed by atoms with Crippen LogP contribution in [-0.4, -0.2) is 54.5 Å². The van der Waals surface area contributed by atoms with Crippen LogP contribution >= 0.6 is 0 Å². The fourth-order valence-corrected chi connectivity index (χ4v) is 5.10. The summed E-state index contributed by atoms with van der Waals surface area (Å²) in [4.78, 5) is 52.4. The third-order valence-corrected chi connectivity index (χ3v) is 7.20. The number of esters is 1. The molecule has 0 radical (unpaired) electrons. The van der Waals surface area contributed by atoms with E-state index in [0.29, 0.717) is 44.6 Å². The molecule has 1 aliphatic heterocycles. The molecule has 9 heteroatoms. The predicted octanol–water partition coefficient (Wildman–Crippen LogP) is 5.29. The quantitative estimate of drug-likeness (QED) is 0.303. The van der Waals surface area contributed by atoms with E-state index in [1.807, 2.05) is 49.9 Å². The Hall–Kier alpha value is -3.88. The molecule has 222 valence electrons. The van der Waals surface area contributed by atoms with E-state index < -0.39 is 6.04 Å². The topological polar surface area (TPSA) is 117 Å². The first-order valence-corrected chi connectivity index (χ1v) is 14.6. The van der Waals surface area contributed by atoms with Gasteiger partial charge in [0.15, 0.2) is 0 Å². The predicted molar refractivity (Wildman–Crippen MR) is 161 cm³/mol. The molecule has 1 heterocycles. The Kier molecular flexibility index (Phi) is 12.2. The van der Waals surface area contributed by atoms with Gasteiger partial charge in [-0.1, -0.05) is 44.2 Å². The molecular weight excluding hydrogens is 520 g/mol. The summed E-state index contributed by atoms with van der Waals surface area (Å²) >= 11 is 0. The molecule has 0 aliphatic carbocycles. The normalized spacial score (nSPS) is 15.6. The lowest BCUT2D eigenvalue weighted by Crippen LogP contribution is -2.52. The average Bonchev–Trinajstić information content (AvgIpc) is 2.93. The second-order valence-electron chi connectivity index (χ2n) is 11.2. The number of carbonyl (C=O) groups excluding carboxylic acids is 4. The number of carbonyl (C=O) groups is 4. The van der Waals surface area contributed by atoms with Crippen molar-refractivity contribution in [2.75, 3.05) is 30.3 Å². The van der Waals surface area contributed by atoms with E-state index in [1.165, 1.54) is 0 Å². The molecule has 3 N–H and O–H groups in total. The Morgan fingerprint density at radius 2 is 1.76 bits per heavy atom. The highest BCUT2D eigenvalue weighted by molar-refractivity contribution is 6.00. The van der Waals surface area contributed by atoms with Gasteiger partial charge in [-0.2, -0.15) is 0 Å². The zero-order valence-corrected chi connectivity index (χ0v) is 24.7. The number of hydrogen-bond acceptors (Lipinski definition) is 5. The van der Waals surface area contributed by atoms with Crippen LogP contribution in [0.1, 0.15) is 64.0 Å². The summed E-state index contributed by atoms with van der Waals surface area (Å²) in [5.74, 6) is -0.0107. The van der Waals surface area contributed by atoms with Crippen molar-refractivity contribution in [1.82, 2.24) is 10.2 Å². The van der Waals surface area contributed by atoms with Crippen molar-refractivity contribution in [3.63, 3.8) is 0 Å². The number of urea groups is 1. The van der Waals surface area contributed by atoms with Crippen LogP contribution in [0.15, 0.2) is 48.5 Å². The molecule has 1 unspecified atom stereocenters.